The van der Waals surface area contributed by atoms with Crippen molar-refractivity contribution in [1.82, 2.24) is 5.32 Å². The van der Waals surface area contributed by atoms with E-state index in [0.717, 1.165) is 0 Å². The van der Waals surface area contributed by atoms with Gasteiger partial charge in [-0.15, -0.1) is 0 Å². The summed E-state index contributed by atoms with van der Waals surface area (Å²) in [5.74, 6) is 0. The average Bonchev–Trinajstić information content (AvgIpc) is 2.17. The van der Waals surface area contributed by atoms with Crippen molar-refractivity contribution >= 4 is 15.9 Å². The molecule has 0 aromatic rings. The molecule has 1 aliphatic rings. The lowest BCUT2D eigenvalue weighted by molar-refractivity contribution is 0.0490. The molecule has 0 bridgehead atoms. The Kier molecular flexibility index (Phi) is 4.55. The molecule has 1 rings (SSSR count). The van der Waals surface area contributed by atoms with Crippen molar-refractivity contribution in [2.24, 2.45) is 0 Å². The van der Waals surface area contributed by atoms with E-state index in [9.17, 15) is 13.2 Å². The zero-order valence-corrected chi connectivity index (χ0v) is 13.3. The lowest BCUT2D eigenvalue weighted by Crippen LogP contribution is -2.46. The monoisotopic (exact) mass is 291 g/mol. The van der Waals surface area contributed by atoms with Crippen molar-refractivity contribution in [2.45, 2.75) is 69.8 Å². The van der Waals surface area contributed by atoms with Crippen LogP contribution in [0.3, 0.4) is 0 Å². The summed E-state index contributed by atoms with van der Waals surface area (Å²) < 4.78 is 28.0. The number of amides is 1. The Morgan fingerprint density at radius 1 is 1.26 bits per heavy atom. The highest BCUT2D eigenvalue weighted by Crippen LogP contribution is 2.34. The van der Waals surface area contributed by atoms with Crippen molar-refractivity contribution in [2.75, 3.05) is 6.26 Å². The maximum Gasteiger partial charge on any atom is 0.407 e. The molecule has 1 saturated carbocycles. The second-order valence-electron chi connectivity index (χ2n) is 6.64. The van der Waals surface area contributed by atoms with Crippen LogP contribution in [0.4, 0.5) is 4.79 Å². The van der Waals surface area contributed by atoms with Gasteiger partial charge >= 0.3 is 6.09 Å². The van der Waals surface area contributed by atoms with E-state index >= 15 is 0 Å². The molecule has 112 valence electrons. The molecule has 0 aromatic heterocycles. The molecule has 0 saturated heterocycles. The zero-order chi connectivity index (χ0) is 14.9. The second-order valence-corrected chi connectivity index (χ2v) is 9.17. The molecule has 1 amide bonds. The molecule has 0 aliphatic heterocycles. The smallest absolute Gasteiger partial charge is 0.407 e. The highest BCUT2D eigenvalue weighted by atomic mass is 32.2. The molecule has 0 radical (unpaired) electrons. The topological polar surface area (TPSA) is 72.5 Å². The SMILES string of the molecule is CC(C)(C)OC(=O)NC1CCC(C)(S(C)(=O)=O)CC1. The van der Waals surface area contributed by atoms with E-state index in [-0.39, 0.29) is 6.04 Å². The number of hydrogen-bond acceptors (Lipinski definition) is 4. The lowest BCUT2D eigenvalue weighted by Gasteiger charge is -2.36. The molecule has 0 unspecified atom stereocenters. The second kappa shape index (κ2) is 5.31. The number of nitrogens with one attached hydrogen (secondary N) is 1. The summed E-state index contributed by atoms with van der Waals surface area (Å²) in [6.45, 7) is 7.22. The van der Waals surface area contributed by atoms with Crippen LogP contribution in [-0.4, -0.2) is 37.2 Å². The summed E-state index contributed by atoms with van der Waals surface area (Å²) in [4.78, 5) is 11.6. The minimum Gasteiger partial charge on any atom is -0.444 e. The van der Waals surface area contributed by atoms with Crippen LogP contribution in [0.2, 0.25) is 0 Å². The first-order valence-electron chi connectivity index (χ1n) is 6.62. The first-order valence-corrected chi connectivity index (χ1v) is 8.51. The zero-order valence-electron chi connectivity index (χ0n) is 12.4. The number of carbonyl (C=O) groups is 1. The summed E-state index contributed by atoms with van der Waals surface area (Å²) in [7, 11) is -3.05. The minimum absolute atomic E-state index is 0.00433. The Morgan fingerprint density at radius 3 is 2.11 bits per heavy atom. The number of rotatable bonds is 2. The van der Waals surface area contributed by atoms with Gasteiger partial charge in [-0.3, -0.25) is 0 Å². The van der Waals surface area contributed by atoms with Gasteiger partial charge in [0.25, 0.3) is 0 Å². The van der Waals surface area contributed by atoms with Crippen LogP contribution >= 0.6 is 0 Å². The third-order valence-corrected chi connectivity index (χ3v) is 5.86. The fourth-order valence-corrected chi connectivity index (χ4v) is 3.20. The Hall–Kier alpha value is -0.780. The molecular weight excluding hydrogens is 266 g/mol. The predicted octanol–water partition coefficient (Wildman–Crippen LogP) is 2.26. The quantitative estimate of drug-likeness (QED) is 0.847. The van der Waals surface area contributed by atoms with Crippen LogP contribution in [0.5, 0.6) is 0 Å². The highest BCUT2D eigenvalue weighted by Gasteiger charge is 2.39. The third kappa shape index (κ3) is 4.67. The first kappa shape index (κ1) is 16.3. The minimum atomic E-state index is -3.05. The van der Waals surface area contributed by atoms with Crippen LogP contribution in [0.1, 0.15) is 53.4 Å². The van der Waals surface area contributed by atoms with E-state index in [2.05, 4.69) is 5.32 Å². The van der Waals surface area contributed by atoms with E-state index in [1.165, 1.54) is 6.26 Å². The van der Waals surface area contributed by atoms with Crippen LogP contribution in [0, 0.1) is 0 Å². The fourth-order valence-electron chi connectivity index (χ4n) is 2.22. The molecule has 1 fully saturated rings. The van der Waals surface area contributed by atoms with Gasteiger partial charge in [-0.25, -0.2) is 13.2 Å². The van der Waals surface area contributed by atoms with Gasteiger partial charge < -0.3 is 10.1 Å². The molecule has 19 heavy (non-hydrogen) atoms. The first-order chi connectivity index (χ1) is 8.43. The van der Waals surface area contributed by atoms with E-state index in [1.54, 1.807) is 6.92 Å². The van der Waals surface area contributed by atoms with Gasteiger partial charge in [0.15, 0.2) is 9.84 Å². The maximum atomic E-state index is 11.7. The molecule has 0 aromatic carbocycles. The van der Waals surface area contributed by atoms with Gasteiger partial charge in [0.1, 0.15) is 5.60 Å². The van der Waals surface area contributed by atoms with Crippen molar-refractivity contribution < 1.29 is 17.9 Å². The fraction of sp³-hybridized carbons (Fsp3) is 0.923. The molecule has 0 atom stereocenters. The van der Waals surface area contributed by atoms with E-state index < -0.39 is 26.3 Å². The number of alkyl carbamates (subject to hydrolysis) is 1. The van der Waals surface area contributed by atoms with Crippen LogP contribution in [0.25, 0.3) is 0 Å². The van der Waals surface area contributed by atoms with Gasteiger partial charge in [0.2, 0.25) is 0 Å². The summed E-state index contributed by atoms with van der Waals surface area (Å²) in [5.41, 5.74) is -0.514. The molecule has 6 heteroatoms. The molecule has 1 N–H and O–H groups in total. The van der Waals surface area contributed by atoms with E-state index in [1.807, 2.05) is 20.8 Å². The van der Waals surface area contributed by atoms with Crippen LogP contribution in [0.15, 0.2) is 0 Å². The van der Waals surface area contributed by atoms with Gasteiger partial charge in [-0.2, -0.15) is 0 Å². The number of sulfone groups is 1. The Labute approximate surface area is 116 Å². The molecule has 1 aliphatic carbocycles. The van der Waals surface area contributed by atoms with Crippen molar-refractivity contribution in [3.05, 3.63) is 0 Å². The lowest BCUT2D eigenvalue weighted by atomic mass is 9.86. The summed E-state index contributed by atoms with van der Waals surface area (Å²) >= 11 is 0. The van der Waals surface area contributed by atoms with E-state index in [4.69, 9.17) is 4.74 Å². The van der Waals surface area contributed by atoms with Crippen LogP contribution < -0.4 is 5.32 Å². The summed E-state index contributed by atoms with van der Waals surface area (Å²) in [6.07, 6.45) is 3.35. The van der Waals surface area contributed by atoms with Crippen molar-refractivity contribution in [3.63, 3.8) is 0 Å². The molecule has 0 heterocycles. The highest BCUT2D eigenvalue weighted by molar-refractivity contribution is 7.92. The Balaban J connectivity index is 2.50. The van der Waals surface area contributed by atoms with E-state index in [0.29, 0.717) is 25.7 Å². The largest absolute Gasteiger partial charge is 0.444 e. The number of ether oxygens (including phenoxy) is 1. The van der Waals surface area contributed by atoms with Gasteiger partial charge in [0.05, 0.1) is 4.75 Å². The Bertz CT molecular complexity index is 428. The van der Waals surface area contributed by atoms with Crippen LogP contribution in [-0.2, 0) is 14.6 Å². The molecule has 0 spiro atoms. The van der Waals surface area contributed by atoms with Gasteiger partial charge in [-0.05, 0) is 53.4 Å². The Morgan fingerprint density at radius 2 is 1.74 bits per heavy atom. The average molecular weight is 291 g/mol. The molecular formula is C13H25NO4S. The molecule has 5 nitrogen and oxygen atoms in total. The maximum absolute atomic E-state index is 11.7. The predicted molar refractivity (Wildman–Crippen MR) is 74.9 cm³/mol. The van der Waals surface area contributed by atoms with Crippen molar-refractivity contribution in [3.8, 4) is 0 Å². The van der Waals surface area contributed by atoms with Crippen molar-refractivity contribution in [1.29, 1.82) is 0 Å². The standard InChI is InChI=1S/C13H25NO4S/c1-12(2,3)18-11(15)14-10-6-8-13(4,9-7-10)19(5,16)17/h10H,6-9H2,1-5H3,(H,14,15). The third-order valence-electron chi connectivity index (χ3n) is 3.66. The van der Waals surface area contributed by atoms with Gasteiger partial charge in [0, 0.05) is 12.3 Å². The summed E-state index contributed by atoms with van der Waals surface area (Å²) in [6, 6.07) is 0.00433. The summed E-state index contributed by atoms with van der Waals surface area (Å²) in [5, 5.41) is 2.81. The number of carbonyl (C=O) groups excluding carboxylic acids is 1. The normalized spacial score (nSPS) is 28.8. The number of hydrogen-bond donors (Lipinski definition) is 1. The van der Waals surface area contributed by atoms with Gasteiger partial charge in [-0.1, -0.05) is 0 Å².